The van der Waals surface area contributed by atoms with Crippen molar-refractivity contribution in [2.75, 3.05) is 13.2 Å². The summed E-state index contributed by atoms with van der Waals surface area (Å²) < 4.78 is 22.6. The van der Waals surface area contributed by atoms with E-state index in [-0.39, 0.29) is 35.4 Å². The van der Waals surface area contributed by atoms with Gasteiger partial charge in [-0.15, -0.1) is 0 Å². The van der Waals surface area contributed by atoms with E-state index in [0.717, 1.165) is 60.8 Å². The van der Waals surface area contributed by atoms with Crippen LogP contribution in [0.2, 0.25) is 0 Å². The zero-order valence-electron chi connectivity index (χ0n) is 37.9. The molecule has 0 N–H and O–H groups in total. The third-order valence-corrected chi connectivity index (χ3v) is 12.4. The second-order valence-electron chi connectivity index (χ2n) is 19.6. The van der Waals surface area contributed by atoms with Crippen molar-refractivity contribution >= 4 is 12.3 Å². The molecule has 6 rings (SSSR count). The van der Waals surface area contributed by atoms with Crippen molar-refractivity contribution in [3.63, 3.8) is 0 Å². The summed E-state index contributed by atoms with van der Waals surface area (Å²) >= 11 is 0. The third kappa shape index (κ3) is 11.4. The van der Waals surface area contributed by atoms with Gasteiger partial charge in [-0.2, -0.15) is 10.1 Å². The molecule has 0 radical (unpaired) electrons. The molecule has 2 heterocycles. The largest absolute Gasteiger partial charge is 0.513 e. The van der Waals surface area contributed by atoms with E-state index in [9.17, 15) is 9.59 Å². The van der Waals surface area contributed by atoms with Crippen molar-refractivity contribution in [3.05, 3.63) is 131 Å². The first-order chi connectivity index (χ1) is 28.8. The van der Waals surface area contributed by atoms with Gasteiger partial charge in [-0.25, -0.2) is 9.59 Å². The van der Waals surface area contributed by atoms with Gasteiger partial charge in [0.2, 0.25) is 0 Å². The number of hydrogen-bond acceptors (Lipinski definition) is 10. The van der Waals surface area contributed by atoms with Crippen LogP contribution in [0.1, 0.15) is 142 Å². The standard InChI is InChI=1S/C51H66N2O8/c1-47(2)31-17-32-48(3,4)52(47)60-43(37-19-13-11-14-20-37)35-56-45(54)58-41-27-23-39(24-28-41)51(9,10)40-25-29-42(30-26-40)59-46(55)57-36-44(38-21-15-12-16-22-38)61-53-49(5,6)33-18-34-50(53,7)8/h11-16,19-30,43-44H,17-18,31-36H2,1-10H3. The van der Waals surface area contributed by atoms with Gasteiger partial charge in [-0.05, 0) is 140 Å². The van der Waals surface area contributed by atoms with Crippen molar-refractivity contribution in [3.8, 4) is 11.5 Å². The van der Waals surface area contributed by atoms with Crippen LogP contribution >= 0.6 is 0 Å². The smallest absolute Gasteiger partial charge is 0.431 e. The highest BCUT2D eigenvalue weighted by molar-refractivity contribution is 5.64. The van der Waals surface area contributed by atoms with Gasteiger partial charge in [-0.3, -0.25) is 9.68 Å². The van der Waals surface area contributed by atoms with E-state index >= 15 is 0 Å². The van der Waals surface area contributed by atoms with Crippen LogP contribution in [0.4, 0.5) is 9.59 Å². The Balaban J connectivity index is 1.03. The average molecular weight is 835 g/mol. The minimum Gasteiger partial charge on any atom is -0.431 e. The maximum atomic E-state index is 13.0. The van der Waals surface area contributed by atoms with Crippen molar-refractivity contribution in [2.24, 2.45) is 0 Å². The number of carbonyl (C=O) groups excluding carboxylic acids is 2. The number of rotatable bonds is 14. The van der Waals surface area contributed by atoms with E-state index in [2.05, 4.69) is 79.4 Å². The van der Waals surface area contributed by atoms with Crippen LogP contribution in [0.15, 0.2) is 109 Å². The Morgan fingerprint density at radius 3 is 1.13 bits per heavy atom. The van der Waals surface area contributed by atoms with Gasteiger partial charge >= 0.3 is 12.3 Å². The second kappa shape index (κ2) is 18.7. The van der Waals surface area contributed by atoms with Crippen molar-refractivity contribution in [1.82, 2.24) is 10.1 Å². The minimum absolute atomic E-state index is 0.00755. The fourth-order valence-corrected chi connectivity index (χ4v) is 9.07. The molecule has 4 aromatic carbocycles. The minimum atomic E-state index is -0.805. The molecule has 0 bridgehead atoms. The molecule has 0 saturated carbocycles. The maximum Gasteiger partial charge on any atom is 0.513 e. The molecule has 328 valence electrons. The van der Waals surface area contributed by atoms with Crippen molar-refractivity contribution in [2.45, 2.75) is 148 Å². The predicted octanol–water partition coefficient (Wildman–Crippen LogP) is 12.5. The van der Waals surface area contributed by atoms with E-state index < -0.39 is 29.9 Å². The van der Waals surface area contributed by atoms with Crippen LogP contribution in [0.3, 0.4) is 0 Å². The van der Waals surface area contributed by atoms with Gasteiger partial charge < -0.3 is 18.9 Å². The highest BCUT2D eigenvalue weighted by atomic mass is 16.8. The summed E-state index contributed by atoms with van der Waals surface area (Å²) in [6.45, 7) is 21.7. The highest BCUT2D eigenvalue weighted by Gasteiger charge is 2.45. The third-order valence-electron chi connectivity index (χ3n) is 12.4. The highest BCUT2D eigenvalue weighted by Crippen LogP contribution is 2.42. The summed E-state index contributed by atoms with van der Waals surface area (Å²) in [5.74, 6) is 0.732. The summed E-state index contributed by atoms with van der Waals surface area (Å²) in [7, 11) is 0. The molecule has 61 heavy (non-hydrogen) atoms. The van der Waals surface area contributed by atoms with Crippen LogP contribution < -0.4 is 9.47 Å². The Morgan fingerprint density at radius 2 is 0.820 bits per heavy atom. The van der Waals surface area contributed by atoms with E-state index in [1.54, 1.807) is 24.3 Å². The average Bonchev–Trinajstić information content (AvgIpc) is 3.20. The van der Waals surface area contributed by atoms with E-state index in [1.807, 2.05) is 84.9 Å². The monoisotopic (exact) mass is 834 g/mol. The molecule has 0 spiro atoms. The number of carbonyl (C=O) groups is 2. The number of hydroxylamine groups is 4. The van der Waals surface area contributed by atoms with E-state index in [0.29, 0.717) is 11.5 Å². The molecule has 2 unspecified atom stereocenters. The first kappa shape index (κ1) is 45.8. The van der Waals surface area contributed by atoms with Crippen LogP contribution in [-0.4, -0.2) is 57.8 Å². The van der Waals surface area contributed by atoms with Crippen LogP contribution in [-0.2, 0) is 24.6 Å². The van der Waals surface area contributed by atoms with Crippen molar-refractivity contribution < 1.29 is 38.2 Å². The van der Waals surface area contributed by atoms with Gasteiger partial charge in [0.05, 0.1) is 0 Å². The second-order valence-corrected chi connectivity index (χ2v) is 19.6. The molecule has 2 aliphatic heterocycles. The molecule has 0 aliphatic carbocycles. The van der Waals surface area contributed by atoms with Gasteiger partial charge in [0.25, 0.3) is 0 Å². The molecular weight excluding hydrogens is 769 g/mol. The fourth-order valence-electron chi connectivity index (χ4n) is 9.07. The Bertz CT molecular complexity index is 1870. The van der Waals surface area contributed by atoms with Gasteiger partial charge in [0.1, 0.15) is 36.9 Å². The number of ether oxygens (including phenoxy) is 4. The van der Waals surface area contributed by atoms with Crippen LogP contribution in [0.5, 0.6) is 11.5 Å². The number of piperidine rings is 2. The van der Waals surface area contributed by atoms with Crippen molar-refractivity contribution in [1.29, 1.82) is 0 Å². The molecule has 10 heteroatoms. The SMILES string of the molecule is CC(C)(c1ccc(OC(=O)OCC(ON2C(C)(C)CCCC2(C)C)c2ccccc2)cc1)c1ccc(OC(=O)OCC(ON2C(C)(C)CCCC2(C)C)c2ccccc2)cc1. The molecule has 2 saturated heterocycles. The molecule has 2 atom stereocenters. The molecule has 10 nitrogen and oxygen atoms in total. The molecule has 4 aromatic rings. The maximum absolute atomic E-state index is 13.0. The Morgan fingerprint density at radius 1 is 0.508 bits per heavy atom. The van der Waals surface area contributed by atoms with E-state index in [1.165, 1.54) is 0 Å². The molecule has 2 aliphatic rings. The first-order valence-corrected chi connectivity index (χ1v) is 21.7. The van der Waals surface area contributed by atoms with Crippen LogP contribution in [0.25, 0.3) is 0 Å². The summed E-state index contributed by atoms with van der Waals surface area (Å²) in [6.07, 6.45) is 3.65. The number of benzene rings is 4. The van der Waals surface area contributed by atoms with Crippen LogP contribution in [0, 0.1) is 0 Å². The Labute approximate surface area is 363 Å². The fraction of sp³-hybridized carbons (Fsp3) is 0.490. The van der Waals surface area contributed by atoms with Gasteiger partial charge in [0.15, 0.2) is 0 Å². The molecule has 0 aromatic heterocycles. The predicted molar refractivity (Wildman–Crippen MR) is 237 cm³/mol. The lowest BCUT2D eigenvalue weighted by atomic mass is 9.78. The van der Waals surface area contributed by atoms with Gasteiger partial charge in [-0.1, -0.05) is 98.8 Å². The summed E-state index contributed by atoms with van der Waals surface area (Å²) in [4.78, 5) is 39.3. The summed E-state index contributed by atoms with van der Waals surface area (Å²) in [5, 5.41) is 4.17. The zero-order chi connectivity index (χ0) is 44.1. The number of hydrogen-bond donors (Lipinski definition) is 0. The molecule has 2 fully saturated rings. The Kier molecular flexibility index (Phi) is 14.0. The van der Waals surface area contributed by atoms with Gasteiger partial charge in [0, 0.05) is 27.6 Å². The summed E-state index contributed by atoms with van der Waals surface area (Å²) in [6, 6.07) is 34.4. The lowest BCUT2D eigenvalue weighted by Crippen LogP contribution is -2.58. The number of nitrogens with zero attached hydrogens (tertiary/aromatic N) is 2. The summed E-state index contributed by atoms with van der Waals surface area (Å²) in [5.41, 5.74) is 2.68. The topological polar surface area (TPSA) is 96.0 Å². The Hall–Kier alpha value is -4.74. The molecular formula is C51H66N2O8. The lowest BCUT2D eigenvalue weighted by molar-refractivity contribution is -0.311. The first-order valence-electron chi connectivity index (χ1n) is 21.7. The quantitative estimate of drug-likeness (QED) is 0.0902. The van der Waals surface area contributed by atoms with E-state index in [4.69, 9.17) is 28.6 Å². The zero-order valence-corrected chi connectivity index (χ0v) is 37.9. The molecule has 0 amide bonds. The lowest BCUT2D eigenvalue weighted by Gasteiger charge is -2.52. The normalized spacial score (nSPS) is 19.6.